The summed E-state index contributed by atoms with van der Waals surface area (Å²) in [5.74, 6) is 0.810. The zero-order valence-corrected chi connectivity index (χ0v) is 22.1. The number of aryl methyl sites for hydroxylation is 1. The molecular formula is C31H29N5OS. The Morgan fingerprint density at radius 1 is 0.947 bits per heavy atom. The molecule has 0 atom stereocenters. The van der Waals surface area contributed by atoms with Crippen molar-refractivity contribution in [3.05, 3.63) is 77.9 Å². The molecule has 2 N–H and O–H groups in total. The van der Waals surface area contributed by atoms with Crippen LogP contribution in [0.15, 0.2) is 72.4 Å². The van der Waals surface area contributed by atoms with E-state index in [1.807, 2.05) is 6.20 Å². The average molecular weight is 520 g/mol. The predicted molar refractivity (Wildman–Crippen MR) is 156 cm³/mol. The number of likely N-dealkylation sites (tertiary alicyclic amines) is 1. The second-order valence-corrected chi connectivity index (χ2v) is 11.0. The van der Waals surface area contributed by atoms with Crippen LogP contribution in [0.5, 0.6) is 5.75 Å². The Morgan fingerprint density at radius 3 is 2.74 bits per heavy atom. The lowest BCUT2D eigenvalue weighted by Crippen LogP contribution is -2.25. The first kappa shape index (κ1) is 23.2. The standard InChI is InChI=1S/C31H29N5OS/c1-20-14-28-26(16-24(20)21-15-22(19-32-18-21)37-12-11-36-9-2-3-10-36)31(35-34-28)29-17-25-23(30-8-5-13-38-30)6-4-7-27(25)33-29/h4-8,13-19,33H,2-3,9-12H2,1H3,(H,34,35). The highest BCUT2D eigenvalue weighted by Crippen LogP contribution is 2.37. The second kappa shape index (κ2) is 9.74. The van der Waals surface area contributed by atoms with Crippen molar-refractivity contribution in [1.29, 1.82) is 0 Å². The molecule has 190 valence electrons. The molecule has 38 heavy (non-hydrogen) atoms. The summed E-state index contributed by atoms with van der Waals surface area (Å²) in [4.78, 5) is 11.8. The monoisotopic (exact) mass is 519 g/mol. The number of nitrogens with zero attached hydrogens (tertiary/aromatic N) is 3. The number of fused-ring (bicyclic) bond motifs is 2. The van der Waals surface area contributed by atoms with Crippen molar-refractivity contribution in [3.8, 4) is 38.7 Å². The average Bonchev–Trinajstić information content (AvgIpc) is 3.74. The van der Waals surface area contributed by atoms with Crippen molar-refractivity contribution < 1.29 is 4.74 Å². The fourth-order valence-electron chi connectivity index (χ4n) is 5.56. The zero-order chi connectivity index (χ0) is 25.5. The molecule has 0 unspecified atom stereocenters. The summed E-state index contributed by atoms with van der Waals surface area (Å²) in [5.41, 5.74) is 8.63. The minimum absolute atomic E-state index is 0.683. The predicted octanol–water partition coefficient (Wildman–Crippen LogP) is 7.28. The van der Waals surface area contributed by atoms with Gasteiger partial charge in [-0.2, -0.15) is 5.10 Å². The van der Waals surface area contributed by atoms with E-state index in [-0.39, 0.29) is 0 Å². The van der Waals surface area contributed by atoms with Crippen LogP contribution in [0.4, 0.5) is 0 Å². The Bertz CT molecular complexity index is 1730. The Kier molecular flexibility index (Phi) is 5.95. The Hall–Kier alpha value is -3.94. The molecule has 4 aromatic heterocycles. The van der Waals surface area contributed by atoms with Gasteiger partial charge in [-0.25, -0.2) is 0 Å². The number of nitrogens with one attached hydrogen (secondary N) is 2. The van der Waals surface area contributed by atoms with Gasteiger partial charge in [0.05, 0.1) is 17.4 Å². The first-order valence-electron chi connectivity index (χ1n) is 13.2. The Morgan fingerprint density at radius 2 is 1.87 bits per heavy atom. The van der Waals surface area contributed by atoms with Gasteiger partial charge in [-0.15, -0.1) is 11.3 Å². The molecule has 0 radical (unpaired) electrons. The number of rotatable bonds is 7. The number of hydrogen-bond donors (Lipinski definition) is 2. The molecule has 0 aliphatic carbocycles. The van der Waals surface area contributed by atoms with Crippen molar-refractivity contribution >= 4 is 33.1 Å². The van der Waals surface area contributed by atoms with Crippen LogP contribution in [-0.2, 0) is 0 Å². The summed E-state index contributed by atoms with van der Waals surface area (Å²) in [6.45, 7) is 6.14. The summed E-state index contributed by atoms with van der Waals surface area (Å²) in [7, 11) is 0. The SMILES string of the molecule is Cc1cc2[nH]nc(-c3cc4c(-c5cccs5)cccc4[nH]3)c2cc1-c1cncc(OCCN2CCCC2)c1. The van der Waals surface area contributed by atoms with Gasteiger partial charge in [-0.1, -0.05) is 18.2 Å². The normalized spacial score (nSPS) is 14.1. The van der Waals surface area contributed by atoms with Gasteiger partial charge in [-0.05, 0) is 85.8 Å². The molecule has 0 spiro atoms. The number of aromatic nitrogens is 4. The van der Waals surface area contributed by atoms with E-state index in [1.165, 1.54) is 47.3 Å². The van der Waals surface area contributed by atoms with E-state index in [4.69, 9.17) is 9.84 Å². The van der Waals surface area contributed by atoms with E-state index in [2.05, 4.69) is 86.9 Å². The van der Waals surface area contributed by atoms with E-state index in [9.17, 15) is 0 Å². The number of H-pyrrole nitrogens is 2. The molecule has 6 nitrogen and oxygen atoms in total. The maximum atomic E-state index is 6.08. The lowest BCUT2D eigenvalue weighted by molar-refractivity contribution is 0.237. The molecule has 0 amide bonds. The Balaban J connectivity index is 1.23. The molecule has 0 bridgehead atoms. The molecular weight excluding hydrogens is 490 g/mol. The number of aromatic amines is 2. The zero-order valence-electron chi connectivity index (χ0n) is 21.3. The third-order valence-corrected chi connectivity index (χ3v) is 8.42. The summed E-state index contributed by atoms with van der Waals surface area (Å²) in [6.07, 6.45) is 6.31. The van der Waals surface area contributed by atoms with Crippen molar-refractivity contribution in [2.24, 2.45) is 0 Å². The fourth-order valence-corrected chi connectivity index (χ4v) is 6.33. The highest BCUT2D eigenvalue weighted by atomic mass is 32.1. The van der Waals surface area contributed by atoms with Crippen molar-refractivity contribution in [3.63, 3.8) is 0 Å². The van der Waals surface area contributed by atoms with Gasteiger partial charge in [0.15, 0.2) is 0 Å². The third-order valence-electron chi connectivity index (χ3n) is 7.51. The molecule has 2 aromatic carbocycles. The highest BCUT2D eigenvalue weighted by molar-refractivity contribution is 7.13. The molecule has 7 rings (SSSR count). The number of ether oxygens (including phenoxy) is 1. The van der Waals surface area contributed by atoms with Crippen molar-refractivity contribution in [2.45, 2.75) is 19.8 Å². The van der Waals surface area contributed by atoms with Gasteiger partial charge in [0, 0.05) is 45.0 Å². The largest absolute Gasteiger partial charge is 0.491 e. The molecule has 6 aromatic rings. The minimum Gasteiger partial charge on any atom is -0.491 e. The number of hydrogen-bond acceptors (Lipinski definition) is 5. The maximum Gasteiger partial charge on any atom is 0.138 e. The summed E-state index contributed by atoms with van der Waals surface area (Å²) in [5, 5.41) is 12.4. The van der Waals surface area contributed by atoms with E-state index >= 15 is 0 Å². The first-order chi connectivity index (χ1) is 18.7. The second-order valence-electron chi connectivity index (χ2n) is 10.0. The molecule has 5 heterocycles. The molecule has 1 aliphatic rings. The first-order valence-corrected chi connectivity index (χ1v) is 14.1. The molecule has 1 fully saturated rings. The van der Waals surface area contributed by atoms with Crippen LogP contribution >= 0.6 is 11.3 Å². The molecule has 7 heteroatoms. The van der Waals surface area contributed by atoms with Gasteiger partial charge in [0.1, 0.15) is 18.1 Å². The highest BCUT2D eigenvalue weighted by Gasteiger charge is 2.16. The number of benzene rings is 2. The summed E-state index contributed by atoms with van der Waals surface area (Å²) in [6, 6.07) is 19.4. The Labute approximate surface area is 225 Å². The van der Waals surface area contributed by atoms with E-state index < -0.39 is 0 Å². The van der Waals surface area contributed by atoms with Crippen LogP contribution in [0.2, 0.25) is 0 Å². The van der Waals surface area contributed by atoms with Crippen LogP contribution in [0.1, 0.15) is 18.4 Å². The van der Waals surface area contributed by atoms with Crippen LogP contribution in [0, 0.1) is 6.92 Å². The lowest BCUT2D eigenvalue weighted by Gasteiger charge is -2.15. The fraction of sp³-hybridized carbons (Fsp3) is 0.226. The molecule has 0 saturated carbocycles. The molecule has 1 saturated heterocycles. The van der Waals surface area contributed by atoms with Crippen molar-refractivity contribution in [2.75, 3.05) is 26.2 Å². The van der Waals surface area contributed by atoms with E-state index in [0.29, 0.717) is 6.61 Å². The molecule has 1 aliphatic heterocycles. The topological polar surface area (TPSA) is 69.8 Å². The smallest absolute Gasteiger partial charge is 0.138 e. The van der Waals surface area contributed by atoms with Gasteiger partial charge in [0.25, 0.3) is 0 Å². The quantitative estimate of drug-likeness (QED) is 0.232. The lowest BCUT2D eigenvalue weighted by atomic mass is 9.98. The number of pyridine rings is 1. The van der Waals surface area contributed by atoms with E-state index in [0.717, 1.165) is 51.2 Å². The van der Waals surface area contributed by atoms with Crippen molar-refractivity contribution in [1.82, 2.24) is 25.1 Å². The minimum atomic E-state index is 0.683. The van der Waals surface area contributed by atoms with Crippen LogP contribution in [0.25, 0.3) is 54.8 Å². The van der Waals surface area contributed by atoms with Gasteiger partial charge in [-0.3, -0.25) is 15.0 Å². The summed E-state index contributed by atoms with van der Waals surface area (Å²) >= 11 is 1.76. The van der Waals surface area contributed by atoms with Gasteiger partial charge >= 0.3 is 0 Å². The van der Waals surface area contributed by atoms with E-state index in [1.54, 1.807) is 17.5 Å². The third kappa shape index (κ3) is 4.27. The van der Waals surface area contributed by atoms with Crippen LogP contribution < -0.4 is 4.74 Å². The van der Waals surface area contributed by atoms with Gasteiger partial charge < -0.3 is 9.72 Å². The maximum absolute atomic E-state index is 6.08. The summed E-state index contributed by atoms with van der Waals surface area (Å²) < 4.78 is 6.08. The van der Waals surface area contributed by atoms with Crippen LogP contribution in [0.3, 0.4) is 0 Å². The number of thiophene rings is 1. The van der Waals surface area contributed by atoms with Gasteiger partial charge in [0.2, 0.25) is 0 Å². The van der Waals surface area contributed by atoms with Crippen LogP contribution in [-0.4, -0.2) is 51.3 Å².